The number of aromatic nitrogens is 1. The van der Waals surface area contributed by atoms with Gasteiger partial charge in [-0.2, -0.15) is 0 Å². The van der Waals surface area contributed by atoms with Crippen LogP contribution in [0.25, 0.3) is 10.8 Å². The van der Waals surface area contributed by atoms with Crippen molar-refractivity contribution in [3.8, 4) is 11.5 Å². The molecule has 2 amide bonds. The molecule has 0 radical (unpaired) electrons. The van der Waals surface area contributed by atoms with Crippen molar-refractivity contribution < 1.29 is 37.0 Å². The summed E-state index contributed by atoms with van der Waals surface area (Å²) in [6.07, 6.45) is 1.81. The van der Waals surface area contributed by atoms with Gasteiger partial charge >= 0.3 is 6.09 Å². The summed E-state index contributed by atoms with van der Waals surface area (Å²) in [4.78, 5) is 32.0. The molecule has 1 unspecified atom stereocenters. The first kappa shape index (κ1) is 31.5. The van der Waals surface area contributed by atoms with Gasteiger partial charge in [0.2, 0.25) is 5.91 Å². The largest absolute Gasteiger partial charge is 0.768 e. The van der Waals surface area contributed by atoms with E-state index in [4.69, 9.17) is 15.2 Å². The minimum Gasteiger partial charge on any atom is -0.768 e. The van der Waals surface area contributed by atoms with E-state index in [0.29, 0.717) is 35.3 Å². The highest BCUT2D eigenvalue weighted by Crippen LogP contribution is 2.40. The predicted octanol–water partition coefficient (Wildman–Crippen LogP) is 4.91. The molecule has 2 heterocycles. The lowest BCUT2D eigenvalue weighted by Crippen LogP contribution is -2.38. The lowest BCUT2D eigenvalue weighted by atomic mass is 10.00. The first-order valence-corrected chi connectivity index (χ1v) is 14.9. The molecule has 12 nitrogen and oxygen atoms in total. The number of nitrogen functional groups attached to an aromatic ring is 1. The van der Waals surface area contributed by atoms with Crippen LogP contribution < -0.4 is 25.8 Å². The molecule has 1 aliphatic heterocycles. The molecule has 1 fully saturated rings. The minimum absolute atomic E-state index is 0.00799. The number of carbonyl (C=O) groups is 2. The number of carbonyl (C=O) groups excluding carboxylic acids is 2. The molecule has 4 aromatic rings. The van der Waals surface area contributed by atoms with Gasteiger partial charge in [-0.1, -0.05) is 0 Å². The molecular formula is C31H31FN5O7S-. The van der Waals surface area contributed by atoms with E-state index in [9.17, 15) is 18.4 Å². The second kappa shape index (κ2) is 13.4. The number of methoxy groups -OCH3 is 3. The van der Waals surface area contributed by atoms with E-state index in [1.54, 1.807) is 30.5 Å². The van der Waals surface area contributed by atoms with Crippen LogP contribution in [0, 0.1) is 5.82 Å². The fourth-order valence-electron chi connectivity index (χ4n) is 5.55. The van der Waals surface area contributed by atoms with Gasteiger partial charge in [-0.05, 0) is 83.4 Å². The quantitative estimate of drug-likeness (QED) is 0.215. The van der Waals surface area contributed by atoms with Gasteiger partial charge in [0.05, 0.1) is 27.4 Å². The highest BCUT2D eigenvalue weighted by molar-refractivity contribution is 7.79. The molecule has 5 rings (SSSR count). The third-order valence-electron chi connectivity index (χ3n) is 7.68. The maximum Gasteiger partial charge on any atom is 0.411 e. The lowest BCUT2D eigenvalue weighted by molar-refractivity contribution is -0.133. The van der Waals surface area contributed by atoms with Gasteiger partial charge in [-0.25, -0.2) is 14.2 Å². The lowest BCUT2D eigenvalue weighted by Gasteiger charge is -2.32. The first-order chi connectivity index (χ1) is 21.6. The van der Waals surface area contributed by atoms with Crippen molar-refractivity contribution >= 4 is 51.0 Å². The van der Waals surface area contributed by atoms with E-state index in [0.717, 1.165) is 11.5 Å². The summed E-state index contributed by atoms with van der Waals surface area (Å²) in [7, 11) is 3.99. The Morgan fingerprint density at radius 2 is 1.80 bits per heavy atom. The maximum absolute atomic E-state index is 15.8. The van der Waals surface area contributed by atoms with E-state index in [-0.39, 0.29) is 34.2 Å². The number of nitrogens with two attached hydrogens (primary N) is 1. The number of hydrogen-bond donors (Lipinski definition) is 3. The van der Waals surface area contributed by atoms with E-state index in [2.05, 4.69) is 20.4 Å². The molecule has 0 spiro atoms. The fraction of sp³-hybridized carbons (Fsp3) is 0.258. The fourth-order valence-corrected chi connectivity index (χ4v) is 6.11. The molecule has 1 aromatic heterocycles. The summed E-state index contributed by atoms with van der Waals surface area (Å²) in [5, 5.41) is 7.18. The molecule has 3 atom stereocenters. The van der Waals surface area contributed by atoms with Crippen molar-refractivity contribution in [2.24, 2.45) is 0 Å². The predicted molar refractivity (Wildman–Crippen MR) is 165 cm³/mol. The van der Waals surface area contributed by atoms with Gasteiger partial charge in [-0.15, -0.1) is 0 Å². The zero-order valence-corrected chi connectivity index (χ0v) is 25.5. The molecule has 0 saturated carbocycles. The van der Waals surface area contributed by atoms with Gasteiger partial charge in [-0.3, -0.25) is 14.3 Å². The second-order valence-electron chi connectivity index (χ2n) is 10.2. The number of benzene rings is 3. The summed E-state index contributed by atoms with van der Waals surface area (Å²) in [5.41, 5.74) is 7.11. The Balaban J connectivity index is 1.59. The Morgan fingerprint density at radius 3 is 2.51 bits per heavy atom. The summed E-state index contributed by atoms with van der Waals surface area (Å²) < 4.78 is 55.5. The van der Waals surface area contributed by atoms with Crippen LogP contribution in [0.5, 0.6) is 11.5 Å². The van der Waals surface area contributed by atoms with Crippen LogP contribution in [-0.2, 0) is 20.6 Å². The number of nitrogens with one attached hydrogen (secondary N) is 2. The number of ether oxygens (including phenoxy) is 3. The van der Waals surface area contributed by atoms with Gasteiger partial charge in [0.15, 0.2) is 11.5 Å². The smallest absolute Gasteiger partial charge is 0.411 e. The van der Waals surface area contributed by atoms with Crippen LogP contribution in [0.4, 0.5) is 26.4 Å². The van der Waals surface area contributed by atoms with Gasteiger partial charge in [0.1, 0.15) is 17.7 Å². The number of hydrogen-bond acceptors (Lipinski definition) is 10. The molecule has 1 aliphatic rings. The Labute approximate surface area is 260 Å². The molecule has 14 heteroatoms. The Morgan fingerprint density at radius 1 is 1.07 bits per heavy atom. The number of nitrogens with zero attached hydrogens (tertiary/aromatic N) is 2. The van der Waals surface area contributed by atoms with Gasteiger partial charge in [0.25, 0.3) is 0 Å². The summed E-state index contributed by atoms with van der Waals surface area (Å²) in [6, 6.07) is 11.9. The number of halogens is 1. The van der Waals surface area contributed by atoms with E-state index in [1.807, 2.05) is 0 Å². The molecule has 45 heavy (non-hydrogen) atoms. The topological polar surface area (TPSA) is 168 Å². The highest BCUT2D eigenvalue weighted by atomic mass is 32.2. The van der Waals surface area contributed by atoms with Crippen molar-refractivity contribution in [3.05, 3.63) is 77.7 Å². The zero-order valence-electron chi connectivity index (χ0n) is 24.7. The molecule has 1 saturated heterocycles. The van der Waals surface area contributed by atoms with Crippen LogP contribution in [0.2, 0.25) is 0 Å². The zero-order chi connectivity index (χ0) is 32.2. The Bertz CT molecular complexity index is 1790. The van der Waals surface area contributed by atoms with E-state index in [1.165, 1.54) is 50.5 Å². The van der Waals surface area contributed by atoms with Crippen LogP contribution in [0.1, 0.15) is 36.1 Å². The number of fused-ring (bicyclic) bond motifs is 1. The number of pyridine rings is 1. The molecule has 4 N–H and O–H groups in total. The third kappa shape index (κ3) is 6.47. The number of anilines is 3. The van der Waals surface area contributed by atoms with Crippen LogP contribution >= 0.6 is 0 Å². The number of amides is 2. The summed E-state index contributed by atoms with van der Waals surface area (Å²) in [6.45, 7) is 0.274. The second-order valence-corrected chi connectivity index (χ2v) is 11.1. The summed E-state index contributed by atoms with van der Waals surface area (Å²) >= 11 is -2.65. The molecule has 0 aliphatic carbocycles. The third-order valence-corrected chi connectivity index (χ3v) is 8.41. The van der Waals surface area contributed by atoms with Crippen molar-refractivity contribution in [1.29, 1.82) is 0 Å². The average Bonchev–Trinajstić information content (AvgIpc) is 3.53. The normalized spacial score (nSPS) is 15.8. The molecule has 236 valence electrons. The molecule has 0 bridgehead atoms. The van der Waals surface area contributed by atoms with Crippen LogP contribution in [-0.4, -0.2) is 58.5 Å². The minimum atomic E-state index is -2.65. The van der Waals surface area contributed by atoms with Crippen molar-refractivity contribution in [1.82, 2.24) is 9.88 Å². The Kier molecular flexibility index (Phi) is 9.34. The maximum atomic E-state index is 15.8. The number of likely N-dealkylation sites (tertiary alicyclic amines) is 1. The first-order valence-electron chi connectivity index (χ1n) is 13.9. The van der Waals surface area contributed by atoms with Gasteiger partial charge in [0, 0.05) is 46.0 Å². The Hall–Kier alpha value is -4.95. The highest BCUT2D eigenvalue weighted by Gasteiger charge is 2.37. The van der Waals surface area contributed by atoms with E-state index >= 15 is 4.39 Å². The number of rotatable bonds is 9. The SMILES string of the molecule is COC(=O)Nc1ccc(S(=O)[O-])c([C@H]2CCCN2C(=O)[C@@H](Nc2ccc3c(N)nccc3c2)c2cc(OC)c(OC)cc2F)c1. The van der Waals surface area contributed by atoms with Crippen molar-refractivity contribution in [2.45, 2.75) is 29.8 Å². The van der Waals surface area contributed by atoms with Crippen LogP contribution in [0.15, 0.2) is 65.7 Å². The molecule has 3 aromatic carbocycles. The standard InChI is InChI=1S/C31H32FN5O7S/c1-42-25-15-21(23(32)16-26(25)43-2)28(35-18-6-8-20-17(13-18)10-11-34-29(20)33)30(38)37-12-4-5-24(37)22-14-19(36-31(39)44-3)7-9-27(22)45(40)41/h6-11,13-16,24,28,35H,4-5,12H2,1-3H3,(H2,33,34)(H,36,39)(H,40,41)/p-1/t24-,28+/m1/s1. The summed E-state index contributed by atoms with van der Waals surface area (Å²) in [5.74, 6) is -0.515. The van der Waals surface area contributed by atoms with Crippen molar-refractivity contribution in [3.63, 3.8) is 0 Å². The average molecular weight is 637 g/mol. The van der Waals surface area contributed by atoms with Crippen molar-refractivity contribution in [2.75, 3.05) is 44.2 Å². The van der Waals surface area contributed by atoms with E-state index < -0.39 is 41.0 Å². The van der Waals surface area contributed by atoms with Crippen LogP contribution in [0.3, 0.4) is 0 Å². The molecular weight excluding hydrogens is 605 g/mol. The monoisotopic (exact) mass is 636 g/mol. The van der Waals surface area contributed by atoms with Gasteiger partial charge < -0.3 is 34.7 Å².